The van der Waals surface area contributed by atoms with Crippen molar-refractivity contribution in [2.75, 3.05) is 13.1 Å². The Labute approximate surface area is 108 Å². The van der Waals surface area contributed by atoms with E-state index in [2.05, 4.69) is 4.99 Å². The number of halogens is 1. The normalized spacial score (nSPS) is 14.6. The Morgan fingerprint density at radius 1 is 1.56 bits per heavy atom. The SMILES string of the molecule is CC1=NCCN1C(=O)c1ccc(Cl)c([N+](=O)[O-])c1. The van der Waals surface area contributed by atoms with Gasteiger partial charge in [0.15, 0.2) is 0 Å². The zero-order chi connectivity index (χ0) is 13.3. The minimum atomic E-state index is -0.607. The van der Waals surface area contributed by atoms with Crippen molar-refractivity contribution in [3.63, 3.8) is 0 Å². The first kappa shape index (κ1) is 12.5. The van der Waals surface area contributed by atoms with Gasteiger partial charge in [-0.15, -0.1) is 0 Å². The lowest BCUT2D eigenvalue weighted by molar-refractivity contribution is -0.384. The zero-order valence-electron chi connectivity index (χ0n) is 9.59. The highest BCUT2D eigenvalue weighted by atomic mass is 35.5. The third-order valence-corrected chi connectivity index (χ3v) is 3.01. The maximum Gasteiger partial charge on any atom is 0.288 e. The summed E-state index contributed by atoms with van der Waals surface area (Å²) in [7, 11) is 0. The highest BCUT2D eigenvalue weighted by Crippen LogP contribution is 2.25. The second kappa shape index (κ2) is 4.73. The number of nitro groups is 1. The van der Waals surface area contributed by atoms with Gasteiger partial charge in [-0.3, -0.25) is 24.8 Å². The maximum absolute atomic E-state index is 12.1. The molecule has 0 unspecified atom stereocenters. The predicted octanol–water partition coefficient (Wildman–Crippen LogP) is 2.12. The van der Waals surface area contributed by atoms with Gasteiger partial charge in [0.1, 0.15) is 10.9 Å². The van der Waals surface area contributed by atoms with Crippen LogP contribution in [0.15, 0.2) is 23.2 Å². The molecule has 0 aromatic heterocycles. The van der Waals surface area contributed by atoms with Crippen molar-refractivity contribution in [3.05, 3.63) is 38.9 Å². The molecule has 1 aliphatic rings. The first-order valence-electron chi connectivity index (χ1n) is 5.27. The summed E-state index contributed by atoms with van der Waals surface area (Å²) < 4.78 is 0. The number of amidine groups is 1. The maximum atomic E-state index is 12.1. The number of carbonyl (C=O) groups excluding carboxylic acids is 1. The van der Waals surface area contributed by atoms with Crippen LogP contribution in [0, 0.1) is 10.1 Å². The number of nitro benzene ring substituents is 1. The number of aliphatic imine (C=N–C) groups is 1. The Balaban J connectivity index is 2.34. The molecular formula is C11H10ClN3O3. The first-order valence-corrected chi connectivity index (χ1v) is 5.65. The Morgan fingerprint density at radius 3 is 2.83 bits per heavy atom. The molecule has 1 heterocycles. The lowest BCUT2D eigenvalue weighted by atomic mass is 10.1. The second-order valence-electron chi connectivity index (χ2n) is 3.81. The molecule has 0 radical (unpaired) electrons. The highest BCUT2D eigenvalue weighted by Gasteiger charge is 2.24. The molecule has 94 valence electrons. The number of hydrogen-bond donors (Lipinski definition) is 0. The molecule has 0 bridgehead atoms. The zero-order valence-corrected chi connectivity index (χ0v) is 10.3. The molecule has 0 atom stereocenters. The van der Waals surface area contributed by atoms with Crippen molar-refractivity contribution in [2.24, 2.45) is 4.99 Å². The molecular weight excluding hydrogens is 258 g/mol. The summed E-state index contributed by atoms with van der Waals surface area (Å²) >= 11 is 5.69. The molecule has 7 heteroatoms. The molecule has 0 fully saturated rings. The minimum absolute atomic E-state index is 0.0170. The topological polar surface area (TPSA) is 75.8 Å². The van der Waals surface area contributed by atoms with E-state index in [0.29, 0.717) is 18.9 Å². The molecule has 0 saturated heterocycles. The van der Waals surface area contributed by atoms with Gasteiger partial charge in [0.05, 0.1) is 11.5 Å². The van der Waals surface area contributed by atoms with Crippen molar-refractivity contribution < 1.29 is 9.72 Å². The molecule has 6 nitrogen and oxygen atoms in total. The summed E-state index contributed by atoms with van der Waals surface area (Å²) in [4.78, 5) is 27.9. The summed E-state index contributed by atoms with van der Waals surface area (Å²) in [5.74, 6) is 0.325. The fourth-order valence-electron chi connectivity index (χ4n) is 1.75. The second-order valence-corrected chi connectivity index (χ2v) is 4.22. The smallest absolute Gasteiger partial charge is 0.288 e. The third kappa shape index (κ3) is 2.19. The van der Waals surface area contributed by atoms with Crippen LogP contribution in [0.3, 0.4) is 0 Å². The largest absolute Gasteiger partial charge is 0.295 e. The molecule has 1 aromatic rings. The van der Waals surface area contributed by atoms with Crippen LogP contribution in [-0.4, -0.2) is 34.7 Å². The molecule has 18 heavy (non-hydrogen) atoms. The van der Waals surface area contributed by atoms with Crippen LogP contribution in [0.2, 0.25) is 5.02 Å². The standard InChI is InChI=1S/C11H10ClN3O3/c1-7-13-4-5-14(7)11(16)8-2-3-9(12)10(6-8)15(17)18/h2-3,6H,4-5H2,1H3. The summed E-state index contributed by atoms with van der Waals surface area (Å²) in [5, 5.41) is 10.8. The van der Waals surface area contributed by atoms with Crippen LogP contribution in [0.1, 0.15) is 17.3 Å². The molecule has 1 amide bonds. The van der Waals surface area contributed by atoms with E-state index in [4.69, 9.17) is 11.6 Å². The minimum Gasteiger partial charge on any atom is -0.295 e. The van der Waals surface area contributed by atoms with Gasteiger partial charge in [0.25, 0.3) is 11.6 Å². The van der Waals surface area contributed by atoms with E-state index < -0.39 is 4.92 Å². The van der Waals surface area contributed by atoms with Crippen molar-refractivity contribution in [3.8, 4) is 0 Å². The molecule has 1 aliphatic heterocycles. The van der Waals surface area contributed by atoms with Gasteiger partial charge in [-0.05, 0) is 19.1 Å². The molecule has 0 saturated carbocycles. The highest BCUT2D eigenvalue weighted by molar-refractivity contribution is 6.32. The predicted molar refractivity (Wildman–Crippen MR) is 67.1 cm³/mol. The molecule has 0 aliphatic carbocycles. The van der Waals surface area contributed by atoms with Gasteiger partial charge in [-0.1, -0.05) is 11.6 Å². The van der Waals surface area contributed by atoms with Gasteiger partial charge < -0.3 is 0 Å². The van der Waals surface area contributed by atoms with Crippen LogP contribution in [0.25, 0.3) is 0 Å². The fourth-order valence-corrected chi connectivity index (χ4v) is 1.94. The van der Waals surface area contributed by atoms with Crippen LogP contribution in [0.5, 0.6) is 0 Å². The Morgan fingerprint density at radius 2 is 2.28 bits per heavy atom. The van der Waals surface area contributed by atoms with E-state index >= 15 is 0 Å². The lowest BCUT2D eigenvalue weighted by Gasteiger charge is -2.15. The van der Waals surface area contributed by atoms with E-state index in [1.807, 2.05) is 0 Å². The molecule has 2 rings (SSSR count). The molecule has 0 spiro atoms. The fraction of sp³-hybridized carbons (Fsp3) is 0.273. The summed E-state index contributed by atoms with van der Waals surface area (Å²) in [5.41, 5.74) is -0.0288. The number of rotatable bonds is 2. The molecule has 0 N–H and O–H groups in total. The summed E-state index contributed by atoms with van der Waals surface area (Å²) in [6.07, 6.45) is 0. The first-order chi connectivity index (χ1) is 8.50. The van der Waals surface area contributed by atoms with Crippen molar-refractivity contribution in [1.82, 2.24) is 4.90 Å². The number of hydrogen-bond acceptors (Lipinski definition) is 4. The lowest BCUT2D eigenvalue weighted by Crippen LogP contribution is -2.32. The van der Waals surface area contributed by atoms with E-state index in [-0.39, 0.29) is 22.2 Å². The monoisotopic (exact) mass is 267 g/mol. The number of amides is 1. The molecule has 1 aromatic carbocycles. The van der Waals surface area contributed by atoms with Crippen molar-refractivity contribution >= 4 is 29.0 Å². The van der Waals surface area contributed by atoms with Gasteiger partial charge in [-0.25, -0.2) is 0 Å². The third-order valence-electron chi connectivity index (χ3n) is 2.69. The Bertz CT molecular complexity index is 556. The van der Waals surface area contributed by atoms with Crippen LogP contribution < -0.4 is 0 Å². The van der Waals surface area contributed by atoms with Gasteiger partial charge in [0, 0.05) is 18.2 Å². The van der Waals surface area contributed by atoms with E-state index in [9.17, 15) is 14.9 Å². The quantitative estimate of drug-likeness (QED) is 0.608. The van der Waals surface area contributed by atoms with Gasteiger partial charge in [0.2, 0.25) is 0 Å². The summed E-state index contributed by atoms with van der Waals surface area (Å²) in [6, 6.07) is 4.02. The van der Waals surface area contributed by atoms with Crippen LogP contribution >= 0.6 is 11.6 Å². The Hall–Kier alpha value is -1.95. The number of benzene rings is 1. The van der Waals surface area contributed by atoms with Crippen LogP contribution in [0.4, 0.5) is 5.69 Å². The van der Waals surface area contributed by atoms with E-state index in [1.54, 1.807) is 6.92 Å². The average molecular weight is 268 g/mol. The van der Waals surface area contributed by atoms with E-state index in [1.165, 1.54) is 23.1 Å². The van der Waals surface area contributed by atoms with Crippen molar-refractivity contribution in [2.45, 2.75) is 6.92 Å². The summed E-state index contributed by atoms with van der Waals surface area (Å²) in [6.45, 7) is 2.80. The van der Waals surface area contributed by atoms with Gasteiger partial charge in [-0.2, -0.15) is 0 Å². The Kier molecular flexibility index (Phi) is 3.29. The van der Waals surface area contributed by atoms with Gasteiger partial charge >= 0.3 is 0 Å². The number of nitrogens with zero attached hydrogens (tertiary/aromatic N) is 3. The average Bonchev–Trinajstić information content (AvgIpc) is 2.75. The van der Waals surface area contributed by atoms with Crippen molar-refractivity contribution in [1.29, 1.82) is 0 Å². The van der Waals surface area contributed by atoms with E-state index in [0.717, 1.165) is 0 Å². The number of carbonyl (C=O) groups is 1. The van der Waals surface area contributed by atoms with Crippen LogP contribution in [-0.2, 0) is 0 Å².